The second kappa shape index (κ2) is 6.47. The second-order valence-corrected chi connectivity index (χ2v) is 7.33. The summed E-state index contributed by atoms with van der Waals surface area (Å²) >= 11 is 6.56. The van der Waals surface area contributed by atoms with Crippen molar-refractivity contribution in [2.75, 3.05) is 6.61 Å². The van der Waals surface area contributed by atoms with Gasteiger partial charge in [0.2, 0.25) is 10.0 Å². The van der Waals surface area contributed by atoms with Crippen LogP contribution in [0.25, 0.3) is 0 Å². The monoisotopic (exact) mass is 399 g/mol. The van der Waals surface area contributed by atoms with Crippen molar-refractivity contribution >= 4 is 41.9 Å². The fourth-order valence-corrected chi connectivity index (χ4v) is 4.35. The summed E-state index contributed by atoms with van der Waals surface area (Å²) in [5, 5.41) is 9.06. The average molecular weight is 401 g/mol. The SMILES string of the molecule is CC[C@@H](CO)NS(=O)(=O)c1cc(Br)c(C)cc1Br. The number of halogens is 2. The van der Waals surface area contributed by atoms with E-state index < -0.39 is 16.1 Å². The van der Waals surface area contributed by atoms with E-state index in [-0.39, 0.29) is 11.5 Å². The van der Waals surface area contributed by atoms with Gasteiger partial charge in [0, 0.05) is 15.0 Å². The number of sulfonamides is 1. The third kappa shape index (κ3) is 3.77. The minimum absolute atomic E-state index is 0.159. The topological polar surface area (TPSA) is 66.4 Å². The molecule has 4 nitrogen and oxygen atoms in total. The van der Waals surface area contributed by atoms with E-state index in [4.69, 9.17) is 5.11 Å². The van der Waals surface area contributed by atoms with E-state index in [9.17, 15) is 8.42 Å². The van der Waals surface area contributed by atoms with Gasteiger partial charge in [0.15, 0.2) is 0 Å². The third-order valence-corrected chi connectivity index (χ3v) is 5.87. The molecule has 0 aliphatic carbocycles. The maximum absolute atomic E-state index is 12.2. The number of aliphatic hydroxyl groups is 1. The number of aliphatic hydroxyl groups excluding tert-OH is 1. The summed E-state index contributed by atoms with van der Waals surface area (Å²) < 4.78 is 28.0. The lowest BCUT2D eigenvalue weighted by Crippen LogP contribution is -2.37. The first kappa shape index (κ1) is 16.1. The van der Waals surface area contributed by atoms with Gasteiger partial charge in [-0.1, -0.05) is 22.9 Å². The Labute approximate surface area is 124 Å². The molecule has 0 aromatic heterocycles. The molecule has 0 radical (unpaired) electrons. The molecule has 0 unspecified atom stereocenters. The van der Waals surface area contributed by atoms with Crippen LogP contribution in [0.1, 0.15) is 18.9 Å². The van der Waals surface area contributed by atoms with E-state index >= 15 is 0 Å². The Bertz CT molecular complexity index is 527. The molecule has 0 saturated carbocycles. The Morgan fingerprint density at radius 3 is 2.44 bits per heavy atom. The number of hydrogen-bond donors (Lipinski definition) is 2. The smallest absolute Gasteiger partial charge is 0.242 e. The van der Waals surface area contributed by atoms with Crippen LogP contribution >= 0.6 is 31.9 Å². The predicted octanol–water partition coefficient (Wildman–Crippen LogP) is 2.57. The Hall–Kier alpha value is 0.0500. The Morgan fingerprint density at radius 1 is 1.33 bits per heavy atom. The van der Waals surface area contributed by atoms with Crippen molar-refractivity contribution in [2.45, 2.75) is 31.2 Å². The highest BCUT2D eigenvalue weighted by Crippen LogP contribution is 2.28. The molecule has 0 aliphatic rings. The maximum atomic E-state index is 12.2. The lowest BCUT2D eigenvalue weighted by Gasteiger charge is -2.16. The van der Waals surface area contributed by atoms with Gasteiger partial charge in [-0.2, -0.15) is 0 Å². The van der Waals surface area contributed by atoms with Crippen molar-refractivity contribution in [3.63, 3.8) is 0 Å². The van der Waals surface area contributed by atoms with Crippen molar-refractivity contribution in [1.82, 2.24) is 4.72 Å². The summed E-state index contributed by atoms with van der Waals surface area (Å²) in [5.41, 5.74) is 0.940. The van der Waals surface area contributed by atoms with Crippen molar-refractivity contribution < 1.29 is 13.5 Å². The van der Waals surface area contributed by atoms with E-state index in [1.807, 2.05) is 13.8 Å². The van der Waals surface area contributed by atoms with Gasteiger partial charge in [-0.25, -0.2) is 13.1 Å². The molecule has 2 N–H and O–H groups in total. The van der Waals surface area contributed by atoms with E-state index in [2.05, 4.69) is 36.6 Å². The highest BCUT2D eigenvalue weighted by atomic mass is 79.9. The molecule has 0 heterocycles. The molecule has 0 saturated heterocycles. The van der Waals surface area contributed by atoms with Crippen molar-refractivity contribution in [3.8, 4) is 0 Å². The van der Waals surface area contributed by atoms with Gasteiger partial charge in [0.1, 0.15) is 0 Å². The van der Waals surface area contributed by atoms with Crippen LogP contribution in [0.3, 0.4) is 0 Å². The summed E-state index contributed by atoms with van der Waals surface area (Å²) in [6.07, 6.45) is 0.528. The van der Waals surface area contributed by atoms with Crippen LogP contribution in [0.4, 0.5) is 0 Å². The molecule has 1 aromatic rings. The predicted molar refractivity (Wildman–Crippen MR) is 78.1 cm³/mol. The zero-order valence-corrected chi connectivity index (χ0v) is 14.1. The van der Waals surface area contributed by atoms with Gasteiger partial charge in [-0.05, 0) is 47.0 Å². The zero-order valence-electron chi connectivity index (χ0n) is 10.1. The highest BCUT2D eigenvalue weighted by Gasteiger charge is 2.22. The van der Waals surface area contributed by atoms with Gasteiger partial charge in [-0.15, -0.1) is 0 Å². The van der Waals surface area contributed by atoms with Gasteiger partial charge >= 0.3 is 0 Å². The van der Waals surface area contributed by atoms with E-state index in [0.717, 1.165) is 10.0 Å². The van der Waals surface area contributed by atoms with E-state index in [1.54, 1.807) is 12.1 Å². The first-order valence-electron chi connectivity index (χ1n) is 5.40. The summed E-state index contributed by atoms with van der Waals surface area (Å²) in [6.45, 7) is 3.46. The molecule has 1 atom stereocenters. The largest absolute Gasteiger partial charge is 0.395 e. The molecule has 1 aromatic carbocycles. The third-order valence-electron chi connectivity index (χ3n) is 2.54. The van der Waals surface area contributed by atoms with Crippen molar-refractivity contribution in [2.24, 2.45) is 0 Å². The Morgan fingerprint density at radius 2 is 1.94 bits per heavy atom. The molecule has 18 heavy (non-hydrogen) atoms. The highest BCUT2D eigenvalue weighted by molar-refractivity contribution is 9.11. The van der Waals surface area contributed by atoms with Crippen LogP contribution in [0.15, 0.2) is 26.0 Å². The van der Waals surface area contributed by atoms with Crippen LogP contribution in [-0.2, 0) is 10.0 Å². The average Bonchev–Trinajstić information content (AvgIpc) is 2.30. The first-order chi connectivity index (χ1) is 8.31. The fraction of sp³-hybridized carbons (Fsp3) is 0.455. The van der Waals surface area contributed by atoms with Gasteiger partial charge in [0.05, 0.1) is 11.5 Å². The van der Waals surface area contributed by atoms with Crippen LogP contribution in [0.2, 0.25) is 0 Å². The molecule has 7 heteroatoms. The van der Waals surface area contributed by atoms with Crippen molar-refractivity contribution in [1.29, 1.82) is 0 Å². The number of hydrogen-bond acceptors (Lipinski definition) is 3. The number of benzene rings is 1. The maximum Gasteiger partial charge on any atom is 0.242 e. The Kier molecular flexibility index (Phi) is 5.79. The molecule has 102 valence electrons. The van der Waals surface area contributed by atoms with Crippen LogP contribution in [0.5, 0.6) is 0 Å². The molecular formula is C11H15Br2NO3S. The van der Waals surface area contributed by atoms with Crippen LogP contribution in [0, 0.1) is 6.92 Å². The molecule has 0 fully saturated rings. The molecule has 0 aliphatic heterocycles. The molecule has 0 bridgehead atoms. The molecular weight excluding hydrogens is 386 g/mol. The van der Waals surface area contributed by atoms with Gasteiger partial charge in [0.25, 0.3) is 0 Å². The lowest BCUT2D eigenvalue weighted by atomic mass is 10.2. The summed E-state index contributed by atoms with van der Waals surface area (Å²) in [5.74, 6) is 0. The van der Waals surface area contributed by atoms with Crippen LogP contribution < -0.4 is 4.72 Å². The van der Waals surface area contributed by atoms with E-state index in [1.165, 1.54) is 0 Å². The molecule has 0 amide bonds. The van der Waals surface area contributed by atoms with Gasteiger partial charge in [-0.3, -0.25) is 0 Å². The van der Waals surface area contributed by atoms with Crippen molar-refractivity contribution in [3.05, 3.63) is 26.6 Å². The molecule has 1 rings (SSSR count). The minimum Gasteiger partial charge on any atom is -0.395 e. The van der Waals surface area contributed by atoms with E-state index in [0.29, 0.717) is 10.9 Å². The summed E-state index contributed by atoms with van der Waals surface area (Å²) in [6, 6.07) is 2.81. The Balaban J connectivity index is 3.16. The number of rotatable bonds is 5. The lowest BCUT2D eigenvalue weighted by molar-refractivity contribution is 0.254. The standard InChI is InChI=1S/C11H15Br2NO3S/c1-3-8(6-15)14-18(16,17)11-5-9(12)7(2)4-10(11)13/h4-5,8,14-15H,3,6H2,1-2H3/t8-/m0/s1. The minimum atomic E-state index is -3.64. The van der Waals surface area contributed by atoms with Crippen LogP contribution in [-0.4, -0.2) is 26.2 Å². The number of aryl methyl sites for hydroxylation is 1. The first-order valence-corrected chi connectivity index (χ1v) is 8.47. The normalized spacial score (nSPS) is 13.6. The van der Waals surface area contributed by atoms with Gasteiger partial charge < -0.3 is 5.11 Å². The second-order valence-electron chi connectivity index (χ2n) is 3.94. The summed E-state index contributed by atoms with van der Waals surface area (Å²) in [7, 11) is -3.64. The zero-order chi connectivity index (χ0) is 13.9. The number of nitrogens with one attached hydrogen (secondary N) is 1. The molecule has 0 spiro atoms. The summed E-state index contributed by atoms with van der Waals surface area (Å²) in [4.78, 5) is 0.159. The fourth-order valence-electron chi connectivity index (χ4n) is 1.37. The quantitative estimate of drug-likeness (QED) is 0.798.